The molecule has 0 unspecified atom stereocenters. The van der Waals surface area contributed by atoms with Gasteiger partial charge in [0.05, 0.1) is 5.02 Å². The summed E-state index contributed by atoms with van der Waals surface area (Å²) in [6, 6.07) is 5.66. The Kier molecular flexibility index (Phi) is 2.10. The summed E-state index contributed by atoms with van der Waals surface area (Å²) >= 11 is 7.54. The zero-order valence-electron chi connectivity index (χ0n) is 7.00. The van der Waals surface area contributed by atoms with Crippen molar-refractivity contribution in [1.82, 2.24) is 0 Å². The van der Waals surface area contributed by atoms with E-state index in [1.807, 2.05) is 23.6 Å². The van der Waals surface area contributed by atoms with Crippen LogP contribution >= 0.6 is 22.9 Å². The maximum atomic E-state index is 11.3. The first-order chi connectivity index (χ1) is 6.20. The van der Waals surface area contributed by atoms with E-state index in [0.29, 0.717) is 10.6 Å². The van der Waals surface area contributed by atoms with Crippen molar-refractivity contribution in [1.29, 1.82) is 0 Å². The number of carbonyl (C=O) groups is 1. The second kappa shape index (κ2) is 3.13. The van der Waals surface area contributed by atoms with Crippen LogP contribution in [0, 0.1) is 0 Å². The van der Waals surface area contributed by atoms with Gasteiger partial charge in [-0.15, -0.1) is 11.3 Å². The van der Waals surface area contributed by atoms with E-state index in [0.717, 1.165) is 10.1 Å². The van der Waals surface area contributed by atoms with Crippen LogP contribution in [0.3, 0.4) is 0 Å². The second-order valence-corrected chi connectivity index (χ2v) is 4.14. The molecule has 1 aromatic heterocycles. The van der Waals surface area contributed by atoms with Gasteiger partial charge in [0.2, 0.25) is 0 Å². The Morgan fingerprint density at radius 3 is 2.92 bits per heavy atom. The second-order valence-electron chi connectivity index (χ2n) is 2.82. The van der Waals surface area contributed by atoms with Crippen LogP contribution in [0.15, 0.2) is 23.6 Å². The van der Waals surface area contributed by atoms with Crippen LogP contribution in [0.1, 0.15) is 17.3 Å². The number of Topliss-reactive ketones (excluding diaryl/α,β-unsaturated/α-hetero) is 1. The van der Waals surface area contributed by atoms with E-state index in [2.05, 4.69) is 0 Å². The molecule has 0 atom stereocenters. The maximum absolute atomic E-state index is 11.3. The van der Waals surface area contributed by atoms with Crippen LogP contribution in [0.25, 0.3) is 10.1 Å². The molecule has 0 saturated heterocycles. The lowest BCUT2D eigenvalue weighted by Crippen LogP contribution is -1.91. The van der Waals surface area contributed by atoms with Crippen LogP contribution < -0.4 is 0 Å². The van der Waals surface area contributed by atoms with E-state index in [1.165, 1.54) is 0 Å². The number of ketones is 1. The fourth-order valence-electron chi connectivity index (χ4n) is 1.34. The number of benzene rings is 1. The SMILES string of the molecule is CC(=O)c1cccc2scc(Cl)c12. The van der Waals surface area contributed by atoms with Crippen LogP contribution in [0.2, 0.25) is 5.02 Å². The highest BCUT2D eigenvalue weighted by atomic mass is 35.5. The molecular weight excluding hydrogens is 204 g/mol. The fourth-order valence-corrected chi connectivity index (χ4v) is 2.58. The van der Waals surface area contributed by atoms with Gasteiger partial charge in [0.25, 0.3) is 0 Å². The van der Waals surface area contributed by atoms with Gasteiger partial charge in [-0.1, -0.05) is 23.7 Å². The largest absolute Gasteiger partial charge is 0.294 e. The number of hydrogen-bond acceptors (Lipinski definition) is 2. The molecule has 0 bridgehead atoms. The molecule has 0 saturated carbocycles. The zero-order valence-corrected chi connectivity index (χ0v) is 8.58. The van der Waals surface area contributed by atoms with E-state index < -0.39 is 0 Å². The summed E-state index contributed by atoms with van der Waals surface area (Å²) in [5.41, 5.74) is 0.712. The van der Waals surface area contributed by atoms with Crippen molar-refractivity contribution in [2.45, 2.75) is 6.92 Å². The normalized spacial score (nSPS) is 10.6. The standard InChI is InChI=1S/C10H7ClOS/c1-6(12)7-3-2-4-9-10(7)8(11)5-13-9/h2-5H,1H3. The quantitative estimate of drug-likeness (QED) is 0.655. The molecule has 3 heteroatoms. The number of thiophene rings is 1. The van der Waals surface area contributed by atoms with E-state index in [4.69, 9.17) is 11.6 Å². The lowest BCUT2D eigenvalue weighted by Gasteiger charge is -1.97. The van der Waals surface area contributed by atoms with Crippen molar-refractivity contribution in [3.8, 4) is 0 Å². The molecule has 66 valence electrons. The minimum Gasteiger partial charge on any atom is -0.294 e. The topological polar surface area (TPSA) is 17.1 Å². The molecule has 1 heterocycles. The van der Waals surface area contributed by atoms with Gasteiger partial charge in [-0.25, -0.2) is 0 Å². The highest BCUT2D eigenvalue weighted by Crippen LogP contribution is 2.32. The monoisotopic (exact) mass is 210 g/mol. The molecule has 0 aliphatic carbocycles. The van der Waals surface area contributed by atoms with Crippen LogP contribution in [0.5, 0.6) is 0 Å². The number of halogens is 1. The average Bonchev–Trinajstić information content (AvgIpc) is 2.48. The van der Waals surface area contributed by atoms with E-state index in [9.17, 15) is 4.79 Å². The van der Waals surface area contributed by atoms with E-state index >= 15 is 0 Å². The summed E-state index contributed by atoms with van der Waals surface area (Å²) in [6.45, 7) is 1.56. The predicted molar refractivity (Wildman–Crippen MR) is 56.8 cm³/mol. The number of hydrogen-bond donors (Lipinski definition) is 0. The zero-order chi connectivity index (χ0) is 9.42. The molecule has 1 nitrogen and oxygen atoms in total. The predicted octanol–water partition coefficient (Wildman–Crippen LogP) is 3.76. The summed E-state index contributed by atoms with van der Waals surface area (Å²) < 4.78 is 1.07. The van der Waals surface area contributed by atoms with Gasteiger partial charge in [0, 0.05) is 21.0 Å². The Bertz CT molecular complexity index is 473. The third kappa shape index (κ3) is 1.36. The fraction of sp³-hybridized carbons (Fsp3) is 0.100. The maximum Gasteiger partial charge on any atom is 0.160 e. The van der Waals surface area contributed by atoms with Crippen molar-refractivity contribution in [2.24, 2.45) is 0 Å². The van der Waals surface area contributed by atoms with Crippen LogP contribution in [0.4, 0.5) is 0 Å². The number of rotatable bonds is 1. The first-order valence-corrected chi connectivity index (χ1v) is 5.12. The number of carbonyl (C=O) groups excluding carboxylic acids is 1. The minimum atomic E-state index is 0.0610. The minimum absolute atomic E-state index is 0.0610. The molecule has 0 spiro atoms. The molecule has 0 amide bonds. The molecule has 2 aromatic rings. The summed E-state index contributed by atoms with van der Waals surface area (Å²) in [7, 11) is 0. The lowest BCUT2D eigenvalue weighted by molar-refractivity contribution is 0.101. The van der Waals surface area contributed by atoms with Crippen molar-refractivity contribution < 1.29 is 4.79 Å². The van der Waals surface area contributed by atoms with E-state index in [-0.39, 0.29) is 5.78 Å². The summed E-state index contributed by atoms with van der Waals surface area (Å²) in [5.74, 6) is 0.0610. The van der Waals surface area contributed by atoms with Gasteiger partial charge in [0.1, 0.15) is 0 Å². The third-order valence-electron chi connectivity index (χ3n) is 1.93. The van der Waals surface area contributed by atoms with Crippen molar-refractivity contribution in [3.05, 3.63) is 34.2 Å². The molecule has 0 aliphatic heterocycles. The molecule has 13 heavy (non-hydrogen) atoms. The van der Waals surface area contributed by atoms with Gasteiger partial charge in [-0.2, -0.15) is 0 Å². The molecule has 0 radical (unpaired) electrons. The van der Waals surface area contributed by atoms with Gasteiger partial charge in [-0.3, -0.25) is 4.79 Å². The summed E-state index contributed by atoms with van der Waals surface area (Å²) in [5, 5.41) is 3.42. The molecule has 0 N–H and O–H groups in total. The molecular formula is C10H7ClOS. The summed E-state index contributed by atoms with van der Waals surface area (Å²) in [6.07, 6.45) is 0. The first-order valence-electron chi connectivity index (χ1n) is 3.87. The molecule has 2 rings (SSSR count). The Morgan fingerprint density at radius 2 is 2.23 bits per heavy atom. The Balaban J connectivity index is 2.88. The van der Waals surface area contributed by atoms with E-state index in [1.54, 1.807) is 18.3 Å². The average molecular weight is 211 g/mol. The Labute approximate surface area is 84.9 Å². The van der Waals surface area contributed by atoms with Crippen LogP contribution in [-0.4, -0.2) is 5.78 Å². The van der Waals surface area contributed by atoms with Gasteiger partial charge < -0.3 is 0 Å². The van der Waals surface area contributed by atoms with Crippen molar-refractivity contribution in [3.63, 3.8) is 0 Å². The smallest absolute Gasteiger partial charge is 0.160 e. The lowest BCUT2D eigenvalue weighted by atomic mass is 10.1. The highest BCUT2D eigenvalue weighted by Gasteiger charge is 2.09. The number of fused-ring (bicyclic) bond motifs is 1. The third-order valence-corrected chi connectivity index (χ3v) is 3.31. The molecule has 0 aliphatic rings. The summed E-state index contributed by atoms with van der Waals surface area (Å²) in [4.78, 5) is 11.3. The Hall–Kier alpha value is -0.860. The first kappa shape index (κ1) is 8.73. The molecule has 1 aromatic carbocycles. The van der Waals surface area contributed by atoms with Crippen molar-refractivity contribution >= 4 is 38.8 Å². The van der Waals surface area contributed by atoms with Gasteiger partial charge in [0.15, 0.2) is 5.78 Å². The highest BCUT2D eigenvalue weighted by molar-refractivity contribution is 7.17. The van der Waals surface area contributed by atoms with Crippen LogP contribution in [-0.2, 0) is 0 Å². The Morgan fingerprint density at radius 1 is 1.46 bits per heavy atom. The van der Waals surface area contributed by atoms with Gasteiger partial charge >= 0.3 is 0 Å². The van der Waals surface area contributed by atoms with Gasteiger partial charge in [-0.05, 0) is 13.0 Å². The molecule has 0 fully saturated rings. The van der Waals surface area contributed by atoms with Crippen molar-refractivity contribution in [2.75, 3.05) is 0 Å².